The molecule has 0 saturated carbocycles. The molecule has 1 aromatic heterocycles. The average Bonchev–Trinajstić information content (AvgIpc) is 3.28. The number of aromatic nitrogens is 2. The second kappa shape index (κ2) is 10.1. The fraction of sp³-hybridized carbons (Fsp3) is 0.333. The summed E-state index contributed by atoms with van der Waals surface area (Å²) in [5.41, 5.74) is 2.39. The number of benzene rings is 2. The fourth-order valence-electron chi connectivity index (χ4n) is 3.75. The minimum Gasteiger partial charge on any atom is -0.341 e. The lowest BCUT2D eigenvalue weighted by Gasteiger charge is -2.35. The van der Waals surface area contributed by atoms with Gasteiger partial charge in [0.25, 0.3) is 5.91 Å². The van der Waals surface area contributed by atoms with Crippen molar-refractivity contribution in [3.05, 3.63) is 70.6 Å². The molecule has 1 aliphatic heterocycles. The summed E-state index contributed by atoms with van der Waals surface area (Å²) in [5, 5.41) is 7.51. The summed E-state index contributed by atoms with van der Waals surface area (Å²) in [4.78, 5) is 33.7. The molecule has 1 saturated heterocycles. The molecule has 1 N–H and O–H groups in total. The maximum absolute atomic E-state index is 12.8. The first-order chi connectivity index (χ1) is 15.9. The van der Waals surface area contributed by atoms with E-state index in [2.05, 4.69) is 20.4 Å². The zero-order valence-electron chi connectivity index (χ0n) is 18.6. The molecule has 0 spiro atoms. The smallest absolute Gasteiger partial charge is 0.251 e. The number of nitrogens with zero attached hydrogens (tertiary/aromatic N) is 4. The van der Waals surface area contributed by atoms with E-state index < -0.39 is 6.04 Å². The zero-order chi connectivity index (χ0) is 23.4. The lowest BCUT2D eigenvalue weighted by atomic mass is 10.1. The Morgan fingerprint density at radius 2 is 1.85 bits per heavy atom. The number of nitrogens with one attached hydrogen (secondary N) is 1. The topological polar surface area (TPSA) is 91.6 Å². The molecule has 0 aliphatic carbocycles. The van der Waals surface area contributed by atoms with Crippen molar-refractivity contribution in [2.24, 2.45) is 0 Å². The van der Waals surface area contributed by atoms with Crippen LogP contribution in [0, 0.1) is 6.92 Å². The van der Waals surface area contributed by atoms with E-state index in [9.17, 15) is 9.59 Å². The Hall–Kier alpha value is -3.23. The third-order valence-electron chi connectivity index (χ3n) is 5.61. The van der Waals surface area contributed by atoms with Crippen LogP contribution in [0.4, 0.5) is 0 Å². The molecule has 1 aliphatic rings. The summed E-state index contributed by atoms with van der Waals surface area (Å²) in [6.45, 7) is 6.67. The van der Waals surface area contributed by atoms with Gasteiger partial charge < -0.3 is 14.7 Å². The molecule has 1 fully saturated rings. The molecular formula is C24H26ClN5O3. The fourth-order valence-corrected chi connectivity index (χ4v) is 3.88. The van der Waals surface area contributed by atoms with Gasteiger partial charge in [-0.15, -0.1) is 0 Å². The van der Waals surface area contributed by atoms with E-state index in [0.29, 0.717) is 55.0 Å². The van der Waals surface area contributed by atoms with Gasteiger partial charge in [-0.1, -0.05) is 34.5 Å². The van der Waals surface area contributed by atoms with Crippen LogP contribution in [0.15, 0.2) is 53.1 Å². The average molecular weight is 468 g/mol. The summed E-state index contributed by atoms with van der Waals surface area (Å²) in [6, 6.07) is 14.0. The van der Waals surface area contributed by atoms with Gasteiger partial charge in [-0.25, -0.2) is 0 Å². The van der Waals surface area contributed by atoms with Crippen LogP contribution in [0.3, 0.4) is 0 Å². The second-order valence-corrected chi connectivity index (χ2v) is 8.62. The van der Waals surface area contributed by atoms with Crippen molar-refractivity contribution in [2.75, 3.05) is 26.2 Å². The first-order valence-electron chi connectivity index (χ1n) is 10.9. The number of amides is 2. The summed E-state index contributed by atoms with van der Waals surface area (Å²) in [6.07, 6.45) is 0. The molecule has 0 radical (unpaired) electrons. The van der Waals surface area contributed by atoms with Crippen LogP contribution in [0.25, 0.3) is 11.4 Å². The summed E-state index contributed by atoms with van der Waals surface area (Å²) < 4.78 is 5.39. The Balaban J connectivity index is 1.26. The zero-order valence-corrected chi connectivity index (χ0v) is 19.4. The highest BCUT2D eigenvalue weighted by Gasteiger charge is 2.27. The van der Waals surface area contributed by atoms with Crippen molar-refractivity contribution < 1.29 is 14.1 Å². The predicted octanol–water partition coefficient (Wildman–Crippen LogP) is 3.16. The number of aryl methyl sites for hydroxylation is 1. The van der Waals surface area contributed by atoms with Crippen molar-refractivity contribution >= 4 is 23.4 Å². The minimum absolute atomic E-state index is 0.0848. The number of hydrogen-bond donors (Lipinski definition) is 1. The molecule has 2 heterocycles. The maximum Gasteiger partial charge on any atom is 0.251 e. The SMILES string of the molecule is Cc1cccc(C(=O)N[C@@H](C)C(=O)N2CCN(Cc3nc(-c4ccc(Cl)cc4)no3)CC2)c1. The van der Waals surface area contributed by atoms with Gasteiger partial charge in [0, 0.05) is 42.3 Å². The number of carbonyl (C=O) groups is 2. The number of halogens is 1. The molecule has 4 rings (SSSR count). The maximum atomic E-state index is 12.8. The van der Waals surface area contributed by atoms with Gasteiger partial charge in [-0.3, -0.25) is 14.5 Å². The molecule has 33 heavy (non-hydrogen) atoms. The highest BCUT2D eigenvalue weighted by Crippen LogP contribution is 2.19. The number of rotatable bonds is 6. The Labute approximate surface area is 197 Å². The van der Waals surface area contributed by atoms with Crippen molar-refractivity contribution in [2.45, 2.75) is 26.4 Å². The molecule has 0 bridgehead atoms. The quantitative estimate of drug-likeness (QED) is 0.598. The molecule has 3 aromatic rings. The first-order valence-corrected chi connectivity index (χ1v) is 11.2. The van der Waals surface area contributed by atoms with Crippen LogP contribution in [0.1, 0.15) is 28.7 Å². The molecule has 1 atom stereocenters. The standard InChI is InChI=1S/C24H26ClN5O3/c1-16-4-3-5-19(14-16)23(31)26-17(2)24(32)30-12-10-29(11-13-30)15-21-27-22(28-33-21)18-6-8-20(25)9-7-18/h3-9,14,17H,10-13,15H2,1-2H3,(H,26,31)/t17-/m0/s1. The van der Waals surface area contributed by atoms with E-state index in [1.54, 1.807) is 36.1 Å². The molecule has 0 unspecified atom stereocenters. The Bertz CT molecular complexity index is 1120. The van der Waals surface area contributed by atoms with E-state index in [1.165, 1.54) is 0 Å². The normalized spacial score (nSPS) is 15.3. The molecule has 172 valence electrons. The van der Waals surface area contributed by atoms with Crippen LogP contribution >= 0.6 is 11.6 Å². The molecule has 2 aromatic carbocycles. The lowest BCUT2D eigenvalue weighted by Crippen LogP contribution is -2.53. The second-order valence-electron chi connectivity index (χ2n) is 8.18. The van der Waals surface area contributed by atoms with Gasteiger partial charge in [0.2, 0.25) is 17.6 Å². The number of carbonyl (C=O) groups excluding carboxylic acids is 2. The predicted molar refractivity (Wildman–Crippen MR) is 125 cm³/mol. The number of piperazine rings is 1. The lowest BCUT2D eigenvalue weighted by molar-refractivity contribution is -0.134. The van der Waals surface area contributed by atoms with Crippen LogP contribution in [-0.4, -0.2) is 64.0 Å². The van der Waals surface area contributed by atoms with Gasteiger partial charge in [-0.2, -0.15) is 4.98 Å². The van der Waals surface area contributed by atoms with Crippen molar-refractivity contribution in [3.63, 3.8) is 0 Å². The first kappa shape index (κ1) is 22.9. The van der Waals surface area contributed by atoms with Crippen LogP contribution in [-0.2, 0) is 11.3 Å². The van der Waals surface area contributed by atoms with E-state index in [4.69, 9.17) is 16.1 Å². The van der Waals surface area contributed by atoms with Crippen molar-refractivity contribution in [1.29, 1.82) is 0 Å². The Morgan fingerprint density at radius 3 is 2.55 bits per heavy atom. The minimum atomic E-state index is -0.595. The van der Waals surface area contributed by atoms with Gasteiger partial charge in [0.1, 0.15) is 6.04 Å². The number of hydrogen-bond acceptors (Lipinski definition) is 6. The molecule has 2 amide bonds. The van der Waals surface area contributed by atoms with E-state index in [0.717, 1.165) is 11.1 Å². The van der Waals surface area contributed by atoms with Crippen LogP contribution in [0.2, 0.25) is 5.02 Å². The van der Waals surface area contributed by atoms with Gasteiger partial charge >= 0.3 is 0 Å². The highest BCUT2D eigenvalue weighted by molar-refractivity contribution is 6.30. The largest absolute Gasteiger partial charge is 0.341 e. The molecular weight excluding hydrogens is 442 g/mol. The van der Waals surface area contributed by atoms with Crippen LogP contribution in [0.5, 0.6) is 0 Å². The van der Waals surface area contributed by atoms with Crippen molar-refractivity contribution in [1.82, 2.24) is 25.3 Å². The van der Waals surface area contributed by atoms with E-state index >= 15 is 0 Å². The van der Waals surface area contributed by atoms with Crippen molar-refractivity contribution in [3.8, 4) is 11.4 Å². The van der Waals surface area contributed by atoms with Gasteiger partial charge in [-0.05, 0) is 50.2 Å². The summed E-state index contributed by atoms with van der Waals surface area (Å²) in [5.74, 6) is 0.719. The Morgan fingerprint density at radius 1 is 1.12 bits per heavy atom. The van der Waals surface area contributed by atoms with E-state index in [1.807, 2.05) is 31.2 Å². The third kappa shape index (κ3) is 5.77. The van der Waals surface area contributed by atoms with E-state index in [-0.39, 0.29) is 11.8 Å². The summed E-state index contributed by atoms with van der Waals surface area (Å²) in [7, 11) is 0. The summed E-state index contributed by atoms with van der Waals surface area (Å²) >= 11 is 5.93. The van der Waals surface area contributed by atoms with Crippen LogP contribution < -0.4 is 5.32 Å². The molecule has 8 nitrogen and oxygen atoms in total. The van der Waals surface area contributed by atoms with Gasteiger partial charge in [0.15, 0.2) is 0 Å². The molecule has 9 heteroatoms. The Kier molecular flexibility index (Phi) is 7.05. The third-order valence-corrected chi connectivity index (χ3v) is 5.86. The monoisotopic (exact) mass is 467 g/mol. The highest BCUT2D eigenvalue weighted by atomic mass is 35.5. The van der Waals surface area contributed by atoms with Gasteiger partial charge in [0.05, 0.1) is 6.54 Å².